The fraction of sp³-hybridized carbons (Fsp3) is 0.824. The number of piperazine rings is 1. The third-order valence-electron chi connectivity index (χ3n) is 5.07. The summed E-state index contributed by atoms with van der Waals surface area (Å²) < 4.78 is 5.83. The van der Waals surface area contributed by atoms with Crippen LogP contribution in [-0.4, -0.2) is 34.6 Å². The van der Waals surface area contributed by atoms with Crippen molar-refractivity contribution in [3.05, 3.63) is 17.8 Å². The Labute approximate surface area is 129 Å². The maximum Gasteiger partial charge on any atom is 0.208 e. The minimum absolute atomic E-state index is 0.242. The molecule has 0 amide bonds. The van der Waals surface area contributed by atoms with Crippen molar-refractivity contribution in [2.75, 3.05) is 13.1 Å². The monoisotopic (exact) mass is 293 g/mol. The number of aromatic nitrogens is 1. The van der Waals surface area contributed by atoms with E-state index in [4.69, 9.17) is 4.42 Å². The average molecular weight is 293 g/mol. The van der Waals surface area contributed by atoms with Crippen molar-refractivity contribution in [3.8, 4) is 0 Å². The van der Waals surface area contributed by atoms with Gasteiger partial charge < -0.3 is 9.73 Å². The van der Waals surface area contributed by atoms with E-state index in [2.05, 4.69) is 49.8 Å². The first-order valence-corrected chi connectivity index (χ1v) is 8.46. The van der Waals surface area contributed by atoms with Crippen molar-refractivity contribution in [1.82, 2.24) is 15.2 Å². The molecule has 1 aromatic rings. The number of nitrogens with zero attached hydrogens (tertiary/aromatic N) is 2. The molecule has 4 heteroatoms. The van der Waals surface area contributed by atoms with Crippen molar-refractivity contribution >= 4 is 0 Å². The number of oxazole rings is 1. The molecule has 4 nitrogen and oxygen atoms in total. The molecule has 1 aromatic heterocycles. The quantitative estimate of drug-likeness (QED) is 0.874. The molecule has 2 heterocycles. The Morgan fingerprint density at radius 2 is 2.10 bits per heavy atom. The Morgan fingerprint density at radius 1 is 1.38 bits per heavy atom. The normalized spacial score (nSPS) is 22.9. The van der Waals surface area contributed by atoms with Gasteiger partial charge in [-0.25, -0.2) is 4.98 Å². The van der Waals surface area contributed by atoms with Crippen LogP contribution >= 0.6 is 0 Å². The lowest BCUT2D eigenvalue weighted by atomic mass is 9.86. The van der Waals surface area contributed by atoms with Crippen LogP contribution in [0.1, 0.15) is 59.1 Å². The zero-order valence-electron chi connectivity index (χ0n) is 14.3. The molecular formula is C17H31N3O. The van der Waals surface area contributed by atoms with Crippen molar-refractivity contribution in [2.45, 2.75) is 72.0 Å². The van der Waals surface area contributed by atoms with Crippen LogP contribution in [0.4, 0.5) is 0 Å². The molecule has 0 bridgehead atoms. The van der Waals surface area contributed by atoms with Crippen LogP contribution in [-0.2, 0) is 13.0 Å². The molecule has 1 fully saturated rings. The van der Waals surface area contributed by atoms with Gasteiger partial charge in [0, 0.05) is 31.1 Å². The van der Waals surface area contributed by atoms with Gasteiger partial charge >= 0.3 is 0 Å². The third kappa shape index (κ3) is 3.67. The number of hydrogen-bond donors (Lipinski definition) is 1. The molecule has 120 valence electrons. The zero-order valence-corrected chi connectivity index (χ0v) is 14.3. The topological polar surface area (TPSA) is 41.3 Å². The van der Waals surface area contributed by atoms with Gasteiger partial charge in [-0.2, -0.15) is 0 Å². The van der Waals surface area contributed by atoms with E-state index in [1.807, 2.05) is 6.20 Å². The molecule has 21 heavy (non-hydrogen) atoms. The highest BCUT2D eigenvalue weighted by molar-refractivity contribution is 5.00. The summed E-state index contributed by atoms with van der Waals surface area (Å²) in [4.78, 5) is 7.01. The van der Waals surface area contributed by atoms with E-state index in [1.165, 1.54) is 0 Å². The number of rotatable bonds is 6. The van der Waals surface area contributed by atoms with Crippen LogP contribution in [0.3, 0.4) is 0 Å². The van der Waals surface area contributed by atoms with E-state index in [1.54, 1.807) is 0 Å². The van der Waals surface area contributed by atoms with Crippen LogP contribution in [0.2, 0.25) is 0 Å². The molecular weight excluding hydrogens is 262 g/mol. The molecule has 0 aliphatic carbocycles. The fourth-order valence-electron chi connectivity index (χ4n) is 3.32. The molecule has 0 aromatic carbocycles. The number of nitrogens with one attached hydrogen (secondary N) is 1. The lowest BCUT2D eigenvalue weighted by molar-refractivity contribution is 0.0380. The highest BCUT2D eigenvalue weighted by Crippen LogP contribution is 2.27. The minimum atomic E-state index is 0.242. The van der Waals surface area contributed by atoms with Crippen molar-refractivity contribution in [1.29, 1.82) is 0 Å². The van der Waals surface area contributed by atoms with Crippen molar-refractivity contribution in [3.63, 3.8) is 0 Å². The Morgan fingerprint density at radius 3 is 2.62 bits per heavy atom. The van der Waals surface area contributed by atoms with E-state index in [0.717, 1.165) is 50.5 Å². The maximum atomic E-state index is 5.83. The van der Waals surface area contributed by atoms with E-state index >= 15 is 0 Å². The zero-order chi connectivity index (χ0) is 15.5. The van der Waals surface area contributed by atoms with Crippen molar-refractivity contribution < 1.29 is 4.42 Å². The van der Waals surface area contributed by atoms with E-state index in [0.29, 0.717) is 12.0 Å². The molecule has 1 aliphatic heterocycles. The molecule has 2 rings (SSSR count). The molecule has 1 aliphatic rings. The summed E-state index contributed by atoms with van der Waals surface area (Å²) in [7, 11) is 0. The maximum absolute atomic E-state index is 5.83. The van der Waals surface area contributed by atoms with E-state index in [-0.39, 0.29) is 5.54 Å². The molecule has 1 atom stereocenters. The van der Waals surface area contributed by atoms with Crippen molar-refractivity contribution in [2.24, 2.45) is 5.92 Å². The summed E-state index contributed by atoms with van der Waals surface area (Å²) >= 11 is 0. The summed E-state index contributed by atoms with van der Waals surface area (Å²) in [5.41, 5.74) is 0.242. The molecule has 1 N–H and O–H groups in total. The first-order chi connectivity index (χ1) is 10.0. The number of aryl methyl sites for hydroxylation is 1. The van der Waals surface area contributed by atoms with Gasteiger partial charge in [0.2, 0.25) is 5.89 Å². The van der Waals surface area contributed by atoms with E-state index < -0.39 is 0 Å². The highest BCUT2D eigenvalue weighted by atomic mass is 16.4. The predicted octanol–water partition coefficient (Wildman–Crippen LogP) is 3.23. The van der Waals surface area contributed by atoms with Gasteiger partial charge in [0.25, 0.3) is 0 Å². The minimum Gasteiger partial charge on any atom is -0.444 e. The molecule has 0 radical (unpaired) electrons. The van der Waals surface area contributed by atoms with Crippen LogP contribution in [0.5, 0.6) is 0 Å². The molecule has 0 saturated carbocycles. The largest absolute Gasteiger partial charge is 0.444 e. The van der Waals surface area contributed by atoms with Gasteiger partial charge in [0.05, 0.1) is 12.7 Å². The van der Waals surface area contributed by atoms with Gasteiger partial charge in [-0.1, -0.05) is 34.6 Å². The third-order valence-corrected chi connectivity index (χ3v) is 5.07. The Hall–Kier alpha value is -0.870. The van der Waals surface area contributed by atoms with Gasteiger partial charge in [-0.05, 0) is 18.8 Å². The second-order valence-electron chi connectivity index (χ2n) is 6.66. The fourth-order valence-corrected chi connectivity index (χ4v) is 3.32. The van der Waals surface area contributed by atoms with Crippen LogP contribution in [0.15, 0.2) is 10.6 Å². The molecule has 1 unspecified atom stereocenters. The molecule has 1 saturated heterocycles. The second-order valence-corrected chi connectivity index (χ2v) is 6.66. The summed E-state index contributed by atoms with van der Waals surface area (Å²) in [6.45, 7) is 14.2. The first kappa shape index (κ1) is 16.5. The first-order valence-electron chi connectivity index (χ1n) is 8.46. The van der Waals surface area contributed by atoms with Gasteiger partial charge in [0.15, 0.2) is 0 Å². The van der Waals surface area contributed by atoms with Gasteiger partial charge in [-0.3, -0.25) is 4.90 Å². The Balaban J connectivity index is 2.13. The standard InChI is InChI=1S/C17H31N3O/c1-6-14-9-18-16(21-14)11-20-12-17(7-2,8-3)19-10-15(20)13(4)5/h9,13,15,19H,6-8,10-12H2,1-5H3. The number of hydrogen-bond acceptors (Lipinski definition) is 4. The lowest BCUT2D eigenvalue weighted by Crippen LogP contribution is -2.64. The summed E-state index contributed by atoms with van der Waals surface area (Å²) in [5.74, 6) is 2.48. The smallest absolute Gasteiger partial charge is 0.208 e. The second kappa shape index (κ2) is 6.93. The van der Waals surface area contributed by atoms with Crippen LogP contribution in [0, 0.1) is 5.92 Å². The molecule has 0 spiro atoms. The van der Waals surface area contributed by atoms with Crippen LogP contribution in [0.25, 0.3) is 0 Å². The highest BCUT2D eigenvalue weighted by Gasteiger charge is 2.38. The van der Waals surface area contributed by atoms with Gasteiger partial charge in [-0.15, -0.1) is 0 Å². The van der Waals surface area contributed by atoms with Gasteiger partial charge in [0.1, 0.15) is 5.76 Å². The predicted molar refractivity (Wildman–Crippen MR) is 86.2 cm³/mol. The lowest BCUT2D eigenvalue weighted by Gasteiger charge is -2.48. The SMILES string of the molecule is CCc1cnc(CN2CC(CC)(CC)NCC2C(C)C)o1. The van der Waals surface area contributed by atoms with Crippen LogP contribution < -0.4 is 5.32 Å². The summed E-state index contributed by atoms with van der Waals surface area (Å²) in [6, 6.07) is 0.549. The summed E-state index contributed by atoms with van der Waals surface area (Å²) in [5, 5.41) is 3.80. The average Bonchev–Trinajstić information content (AvgIpc) is 2.94. The van der Waals surface area contributed by atoms with E-state index in [9.17, 15) is 0 Å². The Bertz CT molecular complexity index is 437. The summed E-state index contributed by atoms with van der Waals surface area (Å²) in [6.07, 6.45) is 5.11. The Kier molecular flexibility index (Phi) is 5.44.